The number of H-pyrrole nitrogens is 1. The normalized spacial score (nSPS) is 19.7. The summed E-state index contributed by atoms with van der Waals surface area (Å²) in [6.07, 6.45) is 4.51. The first-order chi connectivity index (χ1) is 13.9. The van der Waals surface area contributed by atoms with Crippen molar-refractivity contribution in [2.45, 2.75) is 58.3 Å². The molecule has 3 aromatic heterocycles. The molecule has 8 heteroatoms. The largest absolute Gasteiger partial charge is 0.392 e. The molecule has 1 atom stereocenters. The van der Waals surface area contributed by atoms with Gasteiger partial charge in [-0.15, -0.1) is 0 Å². The van der Waals surface area contributed by atoms with Gasteiger partial charge in [0.25, 0.3) is 5.82 Å². The summed E-state index contributed by atoms with van der Waals surface area (Å²) >= 11 is 1.69. The van der Waals surface area contributed by atoms with E-state index in [0.717, 1.165) is 40.4 Å². The number of thiophene rings is 1. The molecule has 2 aliphatic heterocycles. The van der Waals surface area contributed by atoms with E-state index in [1.165, 1.54) is 35.2 Å². The van der Waals surface area contributed by atoms with E-state index in [4.69, 9.17) is 4.74 Å². The molecule has 0 bridgehead atoms. The number of aliphatic hydroxyl groups excluding tert-OH is 1. The second-order valence-electron chi connectivity index (χ2n) is 8.79. The minimum absolute atomic E-state index is 0.196. The molecule has 0 radical (unpaired) electrons. The smallest absolute Gasteiger partial charge is 0.281 e. The fourth-order valence-electron chi connectivity index (χ4n) is 4.43. The molecule has 1 saturated heterocycles. The number of ether oxygens (including phenoxy) is 1. The Balaban J connectivity index is 1.74. The number of anilines is 2. The van der Waals surface area contributed by atoms with E-state index in [2.05, 4.69) is 39.0 Å². The van der Waals surface area contributed by atoms with Crippen LogP contribution in [-0.4, -0.2) is 46.4 Å². The van der Waals surface area contributed by atoms with Crippen molar-refractivity contribution in [1.82, 2.24) is 9.97 Å². The predicted octanol–water partition coefficient (Wildman–Crippen LogP) is 2.90. The standard InChI is InChI=1S/C21H27N5O2S/c1-12(27)9-22-18-17-16(23-11-24-18)15-13-8-21(2,3)28-10-14(13)19(25-20(15)29-17)26-6-4-5-7-26/h11-12,27H,4-10H2,1-3H3,(H,22,23,24)/p+1/t12-/m1/s1. The van der Waals surface area contributed by atoms with Gasteiger partial charge in [-0.3, -0.25) is 4.90 Å². The number of aromatic amines is 1. The van der Waals surface area contributed by atoms with Crippen molar-refractivity contribution in [2.24, 2.45) is 0 Å². The van der Waals surface area contributed by atoms with Crippen LogP contribution < -0.4 is 15.2 Å². The van der Waals surface area contributed by atoms with E-state index in [1.807, 2.05) is 0 Å². The van der Waals surface area contributed by atoms with Crippen LogP contribution in [0, 0.1) is 0 Å². The molecule has 0 aromatic carbocycles. The third-order valence-electron chi connectivity index (χ3n) is 5.85. The highest BCUT2D eigenvalue weighted by atomic mass is 32.1. The molecule has 5 heterocycles. The predicted molar refractivity (Wildman–Crippen MR) is 116 cm³/mol. The van der Waals surface area contributed by atoms with Crippen LogP contribution in [0.1, 0.15) is 44.7 Å². The van der Waals surface area contributed by atoms with Crippen molar-refractivity contribution in [1.29, 1.82) is 0 Å². The van der Waals surface area contributed by atoms with Gasteiger partial charge >= 0.3 is 0 Å². The Morgan fingerprint density at radius 2 is 2.10 bits per heavy atom. The third-order valence-corrected chi connectivity index (χ3v) is 6.95. The van der Waals surface area contributed by atoms with Gasteiger partial charge in [-0.05, 0) is 39.2 Å². The summed E-state index contributed by atoms with van der Waals surface area (Å²) in [7, 11) is 0. The zero-order valence-electron chi connectivity index (χ0n) is 17.2. The molecule has 0 aliphatic carbocycles. The summed E-state index contributed by atoms with van der Waals surface area (Å²) in [5.41, 5.74) is 3.41. The minimum Gasteiger partial charge on any atom is -0.392 e. The Hall–Kier alpha value is -2.03. The highest BCUT2D eigenvalue weighted by molar-refractivity contribution is 7.25. The molecule has 7 nitrogen and oxygen atoms in total. The number of pyridine rings is 1. The van der Waals surface area contributed by atoms with Gasteiger partial charge in [0.05, 0.1) is 47.9 Å². The van der Waals surface area contributed by atoms with Crippen molar-refractivity contribution in [3.05, 3.63) is 17.5 Å². The summed E-state index contributed by atoms with van der Waals surface area (Å²) in [6, 6.07) is 0. The Morgan fingerprint density at radius 3 is 2.86 bits per heavy atom. The summed E-state index contributed by atoms with van der Waals surface area (Å²) in [4.78, 5) is 16.4. The molecule has 2 aliphatic rings. The maximum absolute atomic E-state index is 9.67. The average Bonchev–Trinajstić information content (AvgIpc) is 3.32. The summed E-state index contributed by atoms with van der Waals surface area (Å²) in [5.74, 6) is 1.99. The van der Waals surface area contributed by atoms with E-state index >= 15 is 0 Å². The first kappa shape index (κ1) is 19.0. The topological polar surface area (TPSA) is 84.7 Å². The van der Waals surface area contributed by atoms with Gasteiger partial charge in [-0.2, -0.15) is 0 Å². The molecular formula is C21H28N5O2S+. The van der Waals surface area contributed by atoms with Gasteiger partial charge in [0.2, 0.25) is 0 Å². The van der Waals surface area contributed by atoms with Crippen LogP contribution in [0.3, 0.4) is 0 Å². The quantitative estimate of drug-likeness (QED) is 0.683. The monoisotopic (exact) mass is 414 g/mol. The number of fused-ring (bicyclic) bond motifs is 5. The van der Waals surface area contributed by atoms with Crippen LogP contribution in [0.4, 0.5) is 11.6 Å². The zero-order valence-corrected chi connectivity index (χ0v) is 18.0. The van der Waals surface area contributed by atoms with Gasteiger partial charge < -0.3 is 15.2 Å². The van der Waals surface area contributed by atoms with Gasteiger partial charge in [0.1, 0.15) is 16.8 Å². The highest BCUT2D eigenvalue weighted by Crippen LogP contribution is 2.42. The molecule has 1 fully saturated rings. The molecule has 154 valence electrons. The van der Waals surface area contributed by atoms with E-state index in [0.29, 0.717) is 13.2 Å². The maximum Gasteiger partial charge on any atom is 0.281 e. The number of hydrogen-bond acceptors (Lipinski definition) is 7. The molecule has 0 spiro atoms. The van der Waals surface area contributed by atoms with E-state index in [9.17, 15) is 5.11 Å². The average molecular weight is 415 g/mol. The molecule has 3 aromatic rings. The second kappa shape index (κ2) is 7.04. The van der Waals surface area contributed by atoms with Gasteiger partial charge in [-0.1, -0.05) is 11.3 Å². The summed E-state index contributed by atoms with van der Waals surface area (Å²) in [5, 5.41) is 14.1. The molecule has 0 unspecified atom stereocenters. The minimum atomic E-state index is -0.437. The van der Waals surface area contributed by atoms with Crippen LogP contribution in [0.25, 0.3) is 20.4 Å². The lowest BCUT2D eigenvalue weighted by molar-refractivity contribution is -0.328. The van der Waals surface area contributed by atoms with Crippen molar-refractivity contribution in [3.8, 4) is 0 Å². The Morgan fingerprint density at radius 1 is 1.31 bits per heavy atom. The lowest BCUT2D eigenvalue weighted by Crippen LogP contribution is -2.36. The molecule has 29 heavy (non-hydrogen) atoms. The number of nitrogens with one attached hydrogen (secondary N) is 2. The van der Waals surface area contributed by atoms with Crippen LogP contribution >= 0.6 is 11.3 Å². The van der Waals surface area contributed by atoms with Crippen LogP contribution in [0.2, 0.25) is 0 Å². The Bertz CT molecular complexity index is 1070. The first-order valence-corrected chi connectivity index (χ1v) is 11.2. The van der Waals surface area contributed by atoms with E-state index < -0.39 is 6.10 Å². The number of aromatic nitrogens is 3. The molecule has 0 amide bonds. The molecule has 0 saturated carbocycles. The van der Waals surface area contributed by atoms with Crippen molar-refractivity contribution >= 4 is 43.4 Å². The van der Waals surface area contributed by atoms with Crippen molar-refractivity contribution < 1.29 is 14.8 Å². The van der Waals surface area contributed by atoms with Crippen LogP contribution in [0.5, 0.6) is 0 Å². The zero-order chi connectivity index (χ0) is 20.2. The van der Waals surface area contributed by atoms with Gasteiger partial charge in [-0.25, -0.2) is 15.0 Å². The number of hydrogen-bond donors (Lipinski definition) is 2. The number of nitrogens with zero attached hydrogens (tertiary/aromatic N) is 3. The summed E-state index contributed by atoms with van der Waals surface area (Å²) in [6.45, 7) is 9.34. The summed E-state index contributed by atoms with van der Waals surface area (Å²) < 4.78 is 7.23. The number of aliphatic hydroxyl groups is 1. The number of rotatable bonds is 4. The fourth-order valence-corrected chi connectivity index (χ4v) is 5.58. The lowest BCUT2D eigenvalue weighted by atomic mass is 9.90. The maximum atomic E-state index is 9.67. The first-order valence-electron chi connectivity index (χ1n) is 10.4. The highest BCUT2D eigenvalue weighted by Gasteiger charge is 2.36. The Kier molecular flexibility index (Phi) is 4.60. The molecular weight excluding hydrogens is 386 g/mol. The van der Waals surface area contributed by atoms with E-state index in [-0.39, 0.29) is 5.60 Å². The van der Waals surface area contributed by atoms with Crippen molar-refractivity contribution in [3.63, 3.8) is 0 Å². The lowest BCUT2D eigenvalue weighted by Gasteiger charge is -2.32. The second-order valence-corrected chi connectivity index (χ2v) is 9.81. The SMILES string of the molecule is C[C@@H](O)CNc1ncnc2c1sc1[nH+]c(N3CCCC3)c3c(c12)CC(C)(C)OC3. The van der Waals surface area contributed by atoms with Crippen LogP contribution in [0.15, 0.2) is 6.33 Å². The Labute approximate surface area is 174 Å². The van der Waals surface area contributed by atoms with Gasteiger partial charge in [0.15, 0.2) is 4.83 Å². The van der Waals surface area contributed by atoms with E-state index in [1.54, 1.807) is 24.6 Å². The van der Waals surface area contributed by atoms with Crippen molar-refractivity contribution in [2.75, 3.05) is 29.9 Å². The molecule has 3 N–H and O–H groups in total. The van der Waals surface area contributed by atoms with Gasteiger partial charge in [0, 0.05) is 13.0 Å². The molecule has 5 rings (SSSR count). The fraction of sp³-hybridized carbons (Fsp3) is 0.571. The van der Waals surface area contributed by atoms with Crippen LogP contribution in [-0.2, 0) is 17.8 Å². The third kappa shape index (κ3) is 3.33.